The number of allylic oxidation sites excluding steroid dienone is 1. The monoisotopic (exact) mass is 435 g/mol. The van der Waals surface area contributed by atoms with Gasteiger partial charge in [-0.2, -0.15) is 0 Å². The molecule has 0 saturated carbocycles. The Kier molecular flexibility index (Phi) is 9.19. The van der Waals surface area contributed by atoms with E-state index < -0.39 is 0 Å². The highest BCUT2D eigenvalue weighted by atomic mass is 16.5. The topological polar surface area (TPSA) is 41.7 Å². The molecule has 0 aliphatic carbocycles. The minimum Gasteiger partial charge on any atom is -0.489 e. The molecule has 2 N–H and O–H groups in total. The normalized spacial score (nSPS) is 17.4. The zero-order valence-electron chi connectivity index (χ0n) is 20.3. The maximum absolute atomic E-state index is 6.39. The van der Waals surface area contributed by atoms with E-state index in [1.165, 1.54) is 23.2 Å². The third kappa shape index (κ3) is 7.68. The molecule has 4 heteroatoms. The van der Waals surface area contributed by atoms with Gasteiger partial charge in [0, 0.05) is 44.0 Å². The molecular weight excluding hydrogens is 394 g/mol. The van der Waals surface area contributed by atoms with E-state index in [2.05, 4.69) is 80.0 Å². The van der Waals surface area contributed by atoms with E-state index in [-0.39, 0.29) is 6.04 Å². The average molecular weight is 436 g/mol. The molecule has 1 fully saturated rings. The summed E-state index contributed by atoms with van der Waals surface area (Å²) in [6.07, 6.45) is 4.59. The van der Waals surface area contributed by atoms with E-state index in [1.54, 1.807) is 0 Å². The molecule has 2 unspecified atom stereocenters. The first kappa shape index (κ1) is 24.3. The lowest BCUT2D eigenvalue weighted by molar-refractivity contribution is 0.292. The Morgan fingerprint density at radius 3 is 2.50 bits per heavy atom. The third-order valence-corrected chi connectivity index (χ3v) is 6.07. The van der Waals surface area contributed by atoms with Crippen LogP contribution < -0.4 is 15.4 Å². The van der Waals surface area contributed by atoms with Crippen LogP contribution >= 0.6 is 0 Å². The first-order valence-electron chi connectivity index (χ1n) is 12.1. The second-order valence-electron chi connectivity index (χ2n) is 9.79. The highest BCUT2D eigenvalue weighted by molar-refractivity contribution is 5.51. The zero-order chi connectivity index (χ0) is 22.9. The fourth-order valence-electron chi connectivity index (χ4n) is 4.47. The lowest BCUT2D eigenvalue weighted by atomic mass is 10.0. The SMILES string of the molecule is CC(C)=CCN(c1ccc(OCc2ccccc2)cc1)C1CCN(CC(N)CC(C)C)C1. The predicted molar refractivity (Wildman–Crippen MR) is 136 cm³/mol. The van der Waals surface area contributed by atoms with Gasteiger partial charge < -0.3 is 15.4 Å². The number of nitrogens with zero attached hydrogens (tertiary/aromatic N) is 2. The molecule has 0 amide bonds. The molecule has 174 valence electrons. The van der Waals surface area contributed by atoms with Gasteiger partial charge in [-0.05, 0) is 62.4 Å². The predicted octanol–water partition coefficient (Wildman–Crippen LogP) is 5.49. The van der Waals surface area contributed by atoms with Gasteiger partial charge in [-0.25, -0.2) is 0 Å². The molecule has 32 heavy (non-hydrogen) atoms. The number of rotatable bonds is 11. The Labute approximate surface area is 195 Å². The minimum absolute atomic E-state index is 0.265. The van der Waals surface area contributed by atoms with Crippen molar-refractivity contribution in [3.8, 4) is 5.75 Å². The van der Waals surface area contributed by atoms with Crippen LogP contribution in [0.4, 0.5) is 5.69 Å². The van der Waals surface area contributed by atoms with Crippen molar-refractivity contribution in [3.63, 3.8) is 0 Å². The van der Waals surface area contributed by atoms with Gasteiger partial charge in [0.2, 0.25) is 0 Å². The van der Waals surface area contributed by atoms with E-state index in [1.807, 2.05) is 18.2 Å². The van der Waals surface area contributed by atoms with Gasteiger partial charge in [0.05, 0.1) is 0 Å². The van der Waals surface area contributed by atoms with Crippen LogP contribution in [0.1, 0.15) is 46.1 Å². The van der Waals surface area contributed by atoms with Crippen molar-refractivity contribution in [2.75, 3.05) is 31.1 Å². The summed E-state index contributed by atoms with van der Waals surface area (Å²) in [6, 6.07) is 19.7. The molecular formula is C28H41N3O. The van der Waals surface area contributed by atoms with Crippen LogP contribution in [0.3, 0.4) is 0 Å². The standard InChI is InChI=1S/C28H41N3O/c1-22(2)14-17-31(27-15-16-30(20-27)19-25(29)18-23(3)4)26-10-12-28(13-11-26)32-21-24-8-6-5-7-9-24/h5-14,23,25,27H,15-21,29H2,1-4H3. The molecule has 1 saturated heterocycles. The second-order valence-corrected chi connectivity index (χ2v) is 9.79. The molecule has 0 spiro atoms. The number of hydrogen-bond donors (Lipinski definition) is 1. The average Bonchev–Trinajstić information content (AvgIpc) is 3.21. The van der Waals surface area contributed by atoms with Crippen molar-refractivity contribution in [1.29, 1.82) is 0 Å². The van der Waals surface area contributed by atoms with Gasteiger partial charge in [-0.1, -0.05) is 55.8 Å². The summed E-state index contributed by atoms with van der Waals surface area (Å²) in [7, 11) is 0. The minimum atomic E-state index is 0.265. The largest absolute Gasteiger partial charge is 0.489 e. The van der Waals surface area contributed by atoms with Crippen LogP contribution in [-0.4, -0.2) is 43.2 Å². The highest BCUT2D eigenvalue weighted by Gasteiger charge is 2.28. The molecule has 3 rings (SSSR count). The van der Waals surface area contributed by atoms with Crippen molar-refractivity contribution in [1.82, 2.24) is 4.90 Å². The first-order valence-corrected chi connectivity index (χ1v) is 12.1. The van der Waals surface area contributed by atoms with Crippen molar-refractivity contribution in [3.05, 3.63) is 71.8 Å². The van der Waals surface area contributed by atoms with Crippen molar-refractivity contribution < 1.29 is 4.74 Å². The summed E-state index contributed by atoms with van der Waals surface area (Å²) in [5, 5.41) is 0. The summed E-state index contributed by atoms with van der Waals surface area (Å²) in [5.74, 6) is 1.56. The summed E-state index contributed by atoms with van der Waals surface area (Å²) < 4.78 is 5.99. The molecule has 2 aromatic carbocycles. The summed E-state index contributed by atoms with van der Waals surface area (Å²) in [6.45, 7) is 13.6. The molecule has 2 atom stereocenters. The lowest BCUT2D eigenvalue weighted by Crippen LogP contribution is -2.41. The Morgan fingerprint density at radius 2 is 1.84 bits per heavy atom. The van der Waals surface area contributed by atoms with Crippen molar-refractivity contribution >= 4 is 5.69 Å². The fraction of sp³-hybridized carbons (Fsp3) is 0.500. The van der Waals surface area contributed by atoms with E-state index >= 15 is 0 Å². The highest BCUT2D eigenvalue weighted by Crippen LogP contribution is 2.26. The smallest absolute Gasteiger partial charge is 0.119 e. The number of likely N-dealkylation sites (tertiary alicyclic amines) is 1. The first-order chi connectivity index (χ1) is 15.4. The zero-order valence-corrected chi connectivity index (χ0v) is 20.3. The Bertz CT molecular complexity index is 828. The summed E-state index contributed by atoms with van der Waals surface area (Å²) in [4.78, 5) is 5.09. The number of benzene rings is 2. The molecule has 2 aromatic rings. The maximum atomic E-state index is 6.39. The molecule has 0 bridgehead atoms. The van der Waals surface area contributed by atoms with Crippen LogP contribution in [0.15, 0.2) is 66.2 Å². The van der Waals surface area contributed by atoms with Crippen molar-refractivity contribution in [2.24, 2.45) is 11.7 Å². The van der Waals surface area contributed by atoms with Gasteiger partial charge >= 0.3 is 0 Å². The van der Waals surface area contributed by atoms with Crippen LogP contribution in [0.25, 0.3) is 0 Å². The quantitative estimate of drug-likeness (QED) is 0.474. The molecule has 1 aliphatic rings. The molecule has 0 radical (unpaired) electrons. The van der Waals surface area contributed by atoms with Gasteiger partial charge in [0.1, 0.15) is 12.4 Å². The van der Waals surface area contributed by atoms with E-state index in [0.29, 0.717) is 18.6 Å². The van der Waals surface area contributed by atoms with E-state index in [9.17, 15) is 0 Å². The van der Waals surface area contributed by atoms with E-state index in [4.69, 9.17) is 10.5 Å². The Morgan fingerprint density at radius 1 is 1.12 bits per heavy atom. The van der Waals surface area contributed by atoms with Crippen LogP contribution in [0.5, 0.6) is 5.75 Å². The van der Waals surface area contributed by atoms with Crippen molar-refractivity contribution in [2.45, 2.75) is 59.2 Å². The molecule has 1 heterocycles. The fourth-order valence-corrected chi connectivity index (χ4v) is 4.47. The second kappa shape index (κ2) is 12.1. The van der Waals surface area contributed by atoms with Gasteiger partial charge in [-0.15, -0.1) is 0 Å². The van der Waals surface area contributed by atoms with Gasteiger partial charge in [0.25, 0.3) is 0 Å². The molecule has 4 nitrogen and oxygen atoms in total. The van der Waals surface area contributed by atoms with Crippen LogP contribution in [0, 0.1) is 5.92 Å². The summed E-state index contributed by atoms with van der Waals surface area (Å²) >= 11 is 0. The third-order valence-electron chi connectivity index (χ3n) is 6.07. The number of nitrogens with two attached hydrogens (primary N) is 1. The summed E-state index contributed by atoms with van der Waals surface area (Å²) in [5.41, 5.74) is 10.2. The van der Waals surface area contributed by atoms with E-state index in [0.717, 1.165) is 38.3 Å². The van der Waals surface area contributed by atoms with Crippen LogP contribution in [-0.2, 0) is 6.61 Å². The number of anilines is 1. The number of hydrogen-bond acceptors (Lipinski definition) is 4. The van der Waals surface area contributed by atoms with Gasteiger partial charge in [0.15, 0.2) is 0 Å². The molecule has 1 aliphatic heterocycles. The molecule has 0 aromatic heterocycles. The maximum Gasteiger partial charge on any atom is 0.119 e. The Balaban J connectivity index is 1.63. The van der Waals surface area contributed by atoms with Crippen LogP contribution in [0.2, 0.25) is 0 Å². The Hall–Kier alpha value is -2.30. The van der Waals surface area contributed by atoms with Gasteiger partial charge in [-0.3, -0.25) is 4.90 Å². The lowest BCUT2D eigenvalue weighted by Gasteiger charge is -2.31. The number of ether oxygens (including phenoxy) is 1.